The molecule has 0 aromatic heterocycles. The molecule has 0 fully saturated rings. The second-order valence-corrected chi connectivity index (χ2v) is 3.76. The molecule has 0 amide bonds. The molecule has 1 N–H and O–H groups in total. The number of carbonyl (C=O) groups is 3. The quantitative estimate of drug-likeness (QED) is 0.573. The molecular weight excluding hydrogens is 228 g/mol. The van der Waals surface area contributed by atoms with Gasteiger partial charge < -0.3 is 14.6 Å². The van der Waals surface area contributed by atoms with Crippen LogP contribution in [0.4, 0.5) is 0 Å². The van der Waals surface area contributed by atoms with E-state index >= 15 is 0 Å². The zero-order chi connectivity index (χ0) is 13.0. The average molecular weight is 242 g/mol. The molecule has 1 aliphatic carbocycles. The van der Waals surface area contributed by atoms with Gasteiger partial charge in [-0.3, -0.25) is 14.4 Å². The van der Waals surface area contributed by atoms with Gasteiger partial charge in [-0.2, -0.15) is 0 Å². The van der Waals surface area contributed by atoms with Gasteiger partial charge in [0.25, 0.3) is 0 Å². The Morgan fingerprint density at radius 3 is 2.24 bits per heavy atom. The van der Waals surface area contributed by atoms with E-state index in [1.807, 2.05) is 0 Å². The minimum atomic E-state index is -1.09. The highest BCUT2D eigenvalue weighted by Gasteiger charge is 2.39. The van der Waals surface area contributed by atoms with E-state index in [-0.39, 0.29) is 6.42 Å². The predicted octanol–water partition coefficient (Wildman–Crippen LogP) is 0.510. The summed E-state index contributed by atoms with van der Waals surface area (Å²) in [6, 6.07) is 0. The van der Waals surface area contributed by atoms with Gasteiger partial charge in [-0.05, 0) is 12.5 Å². The number of ether oxygens (including phenoxy) is 2. The van der Waals surface area contributed by atoms with Gasteiger partial charge in [0.1, 0.15) is 5.92 Å². The fraction of sp³-hybridized carbons (Fsp3) is 0.545. The van der Waals surface area contributed by atoms with Crippen molar-refractivity contribution in [2.75, 3.05) is 0 Å². The van der Waals surface area contributed by atoms with E-state index in [0.717, 1.165) is 0 Å². The van der Waals surface area contributed by atoms with Crippen LogP contribution in [0.15, 0.2) is 12.2 Å². The lowest BCUT2D eigenvalue weighted by Crippen LogP contribution is -2.44. The van der Waals surface area contributed by atoms with Gasteiger partial charge in [0, 0.05) is 13.8 Å². The van der Waals surface area contributed by atoms with Crippen LogP contribution < -0.4 is 0 Å². The van der Waals surface area contributed by atoms with E-state index < -0.39 is 36.0 Å². The third-order valence-corrected chi connectivity index (χ3v) is 2.36. The van der Waals surface area contributed by atoms with Crippen LogP contribution in [-0.2, 0) is 23.9 Å². The molecule has 0 heterocycles. The lowest BCUT2D eigenvalue weighted by atomic mass is 9.89. The maximum absolute atomic E-state index is 11.0. The third-order valence-electron chi connectivity index (χ3n) is 2.36. The highest BCUT2D eigenvalue weighted by Crippen LogP contribution is 2.25. The Morgan fingerprint density at radius 2 is 1.76 bits per heavy atom. The smallest absolute Gasteiger partial charge is 0.310 e. The SMILES string of the molecule is CC(=O)O[C@@H]1[C@@H](C(=O)O)CC=C[C@H]1OC(C)=O. The maximum atomic E-state index is 11.0. The van der Waals surface area contributed by atoms with Crippen molar-refractivity contribution in [2.45, 2.75) is 32.5 Å². The number of carboxylic acids is 1. The maximum Gasteiger partial charge on any atom is 0.310 e. The highest BCUT2D eigenvalue weighted by molar-refractivity contribution is 5.73. The molecule has 6 nitrogen and oxygen atoms in total. The Labute approximate surface area is 98.2 Å². The number of hydrogen-bond donors (Lipinski definition) is 1. The first-order valence-corrected chi connectivity index (χ1v) is 5.15. The molecule has 1 rings (SSSR count). The van der Waals surface area contributed by atoms with Gasteiger partial charge in [-0.15, -0.1) is 0 Å². The van der Waals surface area contributed by atoms with Gasteiger partial charge in [-0.25, -0.2) is 0 Å². The zero-order valence-corrected chi connectivity index (χ0v) is 9.58. The molecule has 0 saturated heterocycles. The van der Waals surface area contributed by atoms with Gasteiger partial charge in [0.15, 0.2) is 12.2 Å². The first kappa shape index (κ1) is 13.2. The number of carboxylic acid groups (broad SMARTS) is 1. The minimum absolute atomic E-state index is 0.241. The fourth-order valence-corrected chi connectivity index (χ4v) is 1.71. The van der Waals surface area contributed by atoms with E-state index in [0.29, 0.717) is 0 Å². The summed E-state index contributed by atoms with van der Waals surface area (Å²) >= 11 is 0. The van der Waals surface area contributed by atoms with Crippen molar-refractivity contribution in [3.8, 4) is 0 Å². The van der Waals surface area contributed by atoms with E-state index in [1.165, 1.54) is 19.9 Å². The summed E-state index contributed by atoms with van der Waals surface area (Å²) in [5.41, 5.74) is 0. The van der Waals surface area contributed by atoms with Crippen LogP contribution in [0.5, 0.6) is 0 Å². The summed E-state index contributed by atoms with van der Waals surface area (Å²) in [7, 11) is 0. The number of esters is 2. The number of allylic oxidation sites excluding steroid dienone is 1. The average Bonchev–Trinajstić information content (AvgIpc) is 2.18. The first-order valence-electron chi connectivity index (χ1n) is 5.15. The predicted molar refractivity (Wildman–Crippen MR) is 56.0 cm³/mol. The summed E-state index contributed by atoms with van der Waals surface area (Å²) in [5, 5.41) is 9.01. The molecule has 94 valence electrons. The molecule has 0 saturated carbocycles. The standard InChI is InChI=1S/C11H14O6/c1-6(12)16-9-5-3-4-8(11(14)15)10(9)17-7(2)13/h3,5,8-10H,4H2,1-2H3,(H,14,15)/t8-,9+,10+/m0/s1. The Bertz CT molecular complexity index is 359. The molecule has 17 heavy (non-hydrogen) atoms. The molecule has 0 aromatic carbocycles. The summed E-state index contributed by atoms with van der Waals surface area (Å²) in [6.07, 6.45) is 1.57. The molecule has 0 aromatic rings. The molecular formula is C11H14O6. The van der Waals surface area contributed by atoms with Crippen molar-refractivity contribution in [1.29, 1.82) is 0 Å². The fourth-order valence-electron chi connectivity index (χ4n) is 1.71. The van der Waals surface area contributed by atoms with Crippen molar-refractivity contribution in [3.63, 3.8) is 0 Å². The summed E-state index contributed by atoms with van der Waals surface area (Å²) in [4.78, 5) is 32.8. The lowest BCUT2D eigenvalue weighted by Gasteiger charge is -2.31. The molecule has 0 radical (unpaired) electrons. The van der Waals surface area contributed by atoms with E-state index in [9.17, 15) is 14.4 Å². The van der Waals surface area contributed by atoms with Crippen LogP contribution in [0.3, 0.4) is 0 Å². The van der Waals surface area contributed by atoms with Crippen LogP contribution in [0, 0.1) is 5.92 Å². The molecule has 3 atom stereocenters. The molecule has 0 aliphatic heterocycles. The monoisotopic (exact) mass is 242 g/mol. The largest absolute Gasteiger partial charge is 0.481 e. The highest BCUT2D eigenvalue weighted by atomic mass is 16.6. The second kappa shape index (κ2) is 5.47. The van der Waals surface area contributed by atoms with Crippen molar-refractivity contribution >= 4 is 17.9 Å². The minimum Gasteiger partial charge on any atom is -0.481 e. The van der Waals surface area contributed by atoms with Crippen LogP contribution in [0.2, 0.25) is 0 Å². The Morgan fingerprint density at radius 1 is 1.18 bits per heavy atom. The molecule has 1 aliphatic rings. The van der Waals surface area contributed by atoms with Crippen LogP contribution in [0.25, 0.3) is 0 Å². The summed E-state index contributed by atoms with van der Waals surface area (Å²) in [6.45, 7) is 2.39. The van der Waals surface area contributed by atoms with Crippen molar-refractivity contribution in [2.24, 2.45) is 5.92 Å². The first-order chi connectivity index (χ1) is 7.91. The summed E-state index contributed by atoms with van der Waals surface area (Å²) < 4.78 is 9.85. The van der Waals surface area contributed by atoms with Crippen molar-refractivity contribution < 1.29 is 29.0 Å². The Hall–Kier alpha value is -1.85. The molecule has 0 unspecified atom stereocenters. The number of rotatable bonds is 3. The number of hydrogen-bond acceptors (Lipinski definition) is 5. The van der Waals surface area contributed by atoms with Gasteiger partial charge >= 0.3 is 17.9 Å². The van der Waals surface area contributed by atoms with Crippen LogP contribution in [0.1, 0.15) is 20.3 Å². The van der Waals surface area contributed by atoms with E-state index in [4.69, 9.17) is 14.6 Å². The van der Waals surface area contributed by atoms with Crippen LogP contribution in [-0.4, -0.2) is 35.2 Å². The third kappa shape index (κ3) is 3.58. The van der Waals surface area contributed by atoms with Crippen LogP contribution >= 0.6 is 0 Å². The number of aliphatic carboxylic acids is 1. The van der Waals surface area contributed by atoms with Gasteiger partial charge in [0.2, 0.25) is 0 Å². The Balaban J connectivity index is 2.89. The van der Waals surface area contributed by atoms with Crippen molar-refractivity contribution in [1.82, 2.24) is 0 Å². The summed E-state index contributed by atoms with van der Waals surface area (Å²) in [5.74, 6) is -3.14. The van der Waals surface area contributed by atoms with Gasteiger partial charge in [0.05, 0.1) is 0 Å². The lowest BCUT2D eigenvalue weighted by molar-refractivity contribution is -0.172. The topological polar surface area (TPSA) is 89.9 Å². The van der Waals surface area contributed by atoms with Gasteiger partial charge in [-0.1, -0.05) is 6.08 Å². The van der Waals surface area contributed by atoms with Crippen molar-refractivity contribution in [3.05, 3.63) is 12.2 Å². The molecule has 6 heteroatoms. The second-order valence-electron chi connectivity index (χ2n) is 3.76. The van der Waals surface area contributed by atoms with E-state index in [1.54, 1.807) is 6.08 Å². The van der Waals surface area contributed by atoms with E-state index in [2.05, 4.69) is 0 Å². The zero-order valence-electron chi connectivity index (χ0n) is 9.58. The molecule has 0 spiro atoms. The normalized spacial score (nSPS) is 27.3. The number of carbonyl (C=O) groups excluding carboxylic acids is 2. The Kier molecular flexibility index (Phi) is 4.25. The molecule has 0 bridgehead atoms.